The van der Waals surface area contributed by atoms with Crippen molar-refractivity contribution in [2.45, 2.75) is 34.2 Å². The predicted octanol–water partition coefficient (Wildman–Crippen LogP) is 3.54. The quantitative estimate of drug-likeness (QED) is 0.919. The zero-order chi connectivity index (χ0) is 14.3. The summed E-state index contributed by atoms with van der Waals surface area (Å²) in [6.07, 6.45) is 0. The molecule has 0 spiro atoms. The smallest absolute Gasteiger partial charge is 0.0908 e. The van der Waals surface area contributed by atoms with Gasteiger partial charge in [-0.1, -0.05) is 6.07 Å². The van der Waals surface area contributed by atoms with Gasteiger partial charge in [0.25, 0.3) is 0 Å². The van der Waals surface area contributed by atoms with E-state index in [0.29, 0.717) is 6.54 Å². The van der Waals surface area contributed by atoms with Crippen molar-refractivity contribution in [1.29, 1.82) is 0 Å². The number of hydrogen-bond acceptors (Lipinski definition) is 2. The van der Waals surface area contributed by atoms with Crippen molar-refractivity contribution in [3.63, 3.8) is 0 Å². The van der Waals surface area contributed by atoms with Gasteiger partial charge in [0.2, 0.25) is 0 Å². The first-order valence-electron chi connectivity index (χ1n) is 6.37. The molecule has 0 atom stereocenters. The van der Waals surface area contributed by atoms with Gasteiger partial charge in [-0.3, -0.25) is 4.68 Å². The van der Waals surface area contributed by atoms with Crippen molar-refractivity contribution >= 4 is 15.9 Å². The zero-order valence-electron chi connectivity index (χ0n) is 12.1. The highest BCUT2D eigenvalue weighted by atomic mass is 79.9. The molecule has 19 heavy (non-hydrogen) atoms. The summed E-state index contributed by atoms with van der Waals surface area (Å²) in [7, 11) is 1.97. The number of benzene rings is 1. The van der Waals surface area contributed by atoms with Crippen molar-refractivity contribution in [2.24, 2.45) is 12.8 Å². The second-order valence-electron chi connectivity index (χ2n) is 5.07. The van der Waals surface area contributed by atoms with Crippen LogP contribution in [-0.2, 0) is 13.6 Å². The average molecular weight is 322 g/mol. The van der Waals surface area contributed by atoms with Crippen LogP contribution in [0.25, 0.3) is 11.3 Å². The van der Waals surface area contributed by atoms with E-state index in [0.717, 1.165) is 15.9 Å². The normalized spacial score (nSPS) is 11.1. The first-order chi connectivity index (χ1) is 8.88. The molecule has 1 aromatic heterocycles. The van der Waals surface area contributed by atoms with Gasteiger partial charge in [0.05, 0.1) is 15.9 Å². The van der Waals surface area contributed by atoms with Crippen LogP contribution in [0.3, 0.4) is 0 Å². The molecule has 0 amide bonds. The van der Waals surface area contributed by atoms with E-state index in [9.17, 15) is 0 Å². The van der Waals surface area contributed by atoms with E-state index in [1.807, 2.05) is 11.7 Å². The molecule has 4 heteroatoms. The number of hydrogen-bond donors (Lipinski definition) is 1. The predicted molar refractivity (Wildman–Crippen MR) is 83.2 cm³/mol. The third-order valence-corrected chi connectivity index (χ3v) is 4.69. The lowest BCUT2D eigenvalue weighted by Crippen LogP contribution is -2.01. The molecule has 0 aliphatic heterocycles. The third-order valence-electron chi connectivity index (χ3n) is 3.85. The van der Waals surface area contributed by atoms with Crippen LogP contribution in [0.2, 0.25) is 0 Å². The molecule has 3 nitrogen and oxygen atoms in total. The fourth-order valence-corrected chi connectivity index (χ4v) is 3.22. The van der Waals surface area contributed by atoms with E-state index in [4.69, 9.17) is 5.73 Å². The van der Waals surface area contributed by atoms with Crippen molar-refractivity contribution in [3.8, 4) is 11.3 Å². The third kappa shape index (κ3) is 2.23. The Bertz CT molecular complexity index is 615. The molecule has 0 bridgehead atoms. The zero-order valence-corrected chi connectivity index (χ0v) is 13.7. The van der Waals surface area contributed by atoms with E-state index in [1.54, 1.807) is 0 Å². The Morgan fingerprint density at radius 3 is 2.11 bits per heavy atom. The largest absolute Gasteiger partial charge is 0.325 e. The van der Waals surface area contributed by atoms with Crippen LogP contribution in [0.15, 0.2) is 10.5 Å². The molecule has 0 unspecified atom stereocenters. The second-order valence-corrected chi connectivity index (χ2v) is 5.87. The molecule has 0 fully saturated rings. The number of nitrogens with two attached hydrogens (primary N) is 1. The fourth-order valence-electron chi connectivity index (χ4n) is 2.53. The molecule has 0 radical (unpaired) electrons. The van der Waals surface area contributed by atoms with Crippen molar-refractivity contribution < 1.29 is 0 Å². The number of nitrogens with zero attached hydrogens (tertiary/aromatic N) is 2. The minimum absolute atomic E-state index is 0.442. The fraction of sp³-hybridized carbons (Fsp3) is 0.400. The van der Waals surface area contributed by atoms with E-state index in [-0.39, 0.29) is 0 Å². The second kappa shape index (κ2) is 5.10. The summed E-state index contributed by atoms with van der Waals surface area (Å²) in [4.78, 5) is 0. The van der Waals surface area contributed by atoms with Gasteiger partial charge in [0.1, 0.15) is 0 Å². The molecular weight excluding hydrogens is 302 g/mol. The van der Waals surface area contributed by atoms with Crippen molar-refractivity contribution in [1.82, 2.24) is 9.78 Å². The number of rotatable bonds is 2. The Hall–Kier alpha value is -1.13. The Morgan fingerprint density at radius 1 is 1.16 bits per heavy atom. The Labute approximate surface area is 122 Å². The lowest BCUT2D eigenvalue weighted by molar-refractivity contribution is 0.748. The summed E-state index contributed by atoms with van der Waals surface area (Å²) in [6.45, 7) is 9.08. The van der Waals surface area contributed by atoms with Gasteiger partial charge in [-0.05, 0) is 65.9 Å². The van der Waals surface area contributed by atoms with Gasteiger partial charge >= 0.3 is 0 Å². The summed E-state index contributed by atoms with van der Waals surface area (Å²) in [5.41, 5.74) is 14.2. The Balaban J connectivity index is 2.83. The molecule has 0 aliphatic rings. The number of aryl methyl sites for hydroxylation is 3. The van der Waals surface area contributed by atoms with Crippen LogP contribution in [0, 0.1) is 27.7 Å². The van der Waals surface area contributed by atoms with E-state index >= 15 is 0 Å². The molecule has 2 N–H and O–H groups in total. The number of halogens is 1. The summed E-state index contributed by atoms with van der Waals surface area (Å²) in [6, 6.07) is 2.24. The maximum atomic E-state index is 5.74. The molecule has 102 valence electrons. The highest BCUT2D eigenvalue weighted by Crippen LogP contribution is 2.37. The summed E-state index contributed by atoms with van der Waals surface area (Å²) in [5, 5.41) is 4.49. The first-order valence-corrected chi connectivity index (χ1v) is 7.17. The van der Waals surface area contributed by atoms with Crippen LogP contribution in [0.1, 0.15) is 27.9 Å². The minimum Gasteiger partial charge on any atom is -0.325 e. The van der Waals surface area contributed by atoms with Gasteiger partial charge in [-0.25, -0.2) is 0 Å². The monoisotopic (exact) mass is 321 g/mol. The highest BCUT2D eigenvalue weighted by molar-refractivity contribution is 9.10. The molecule has 2 rings (SSSR count). The summed E-state index contributed by atoms with van der Waals surface area (Å²) < 4.78 is 2.93. The average Bonchev–Trinajstić information content (AvgIpc) is 2.64. The number of aromatic nitrogens is 2. The van der Waals surface area contributed by atoms with E-state index in [2.05, 4.69) is 54.8 Å². The maximum Gasteiger partial charge on any atom is 0.0908 e. The standard InChI is InChI=1S/C15H20BrN3/c1-8-6-9(2)11(4)13(10(8)3)15-14(16)12(7-17)18-19(15)5/h6H,7,17H2,1-5H3. The molecule has 2 aromatic rings. The van der Waals surface area contributed by atoms with Crippen LogP contribution in [0.4, 0.5) is 0 Å². The van der Waals surface area contributed by atoms with Crippen molar-refractivity contribution in [3.05, 3.63) is 38.5 Å². The van der Waals surface area contributed by atoms with E-state index < -0.39 is 0 Å². The lowest BCUT2D eigenvalue weighted by Gasteiger charge is -2.16. The molecule has 1 heterocycles. The molecule has 0 aliphatic carbocycles. The van der Waals surface area contributed by atoms with Gasteiger partial charge < -0.3 is 5.73 Å². The van der Waals surface area contributed by atoms with Gasteiger partial charge in [-0.2, -0.15) is 5.10 Å². The highest BCUT2D eigenvalue weighted by Gasteiger charge is 2.19. The topological polar surface area (TPSA) is 43.8 Å². The Kier molecular flexibility index (Phi) is 3.83. The van der Waals surface area contributed by atoms with Crippen LogP contribution in [-0.4, -0.2) is 9.78 Å². The van der Waals surface area contributed by atoms with Crippen LogP contribution in [0.5, 0.6) is 0 Å². The minimum atomic E-state index is 0.442. The summed E-state index contributed by atoms with van der Waals surface area (Å²) in [5.74, 6) is 0. The van der Waals surface area contributed by atoms with E-state index in [1.165, 1.54) is 27.8 Å². The van der Waals surface area contributed by atoms with Gasteiger partial charge in [0.15, 0.2) is 0 Å². The SMILES string of the molecule is Cc1cc(C)c(C)c(-c2c(Br)c(CN)nn2C)c1C. The molecule has 1 aromatic carbocycles. The van der Waals surface area contributed by atoms with Gasteiger partial charge in [-0.15, -0.1) is 0 Å². The summed E-state index contributed by atoms with van der Waals surface area (Å²) >= 11 is 3.65. The molecular formula is C15H20BrN3. The van der Waals surface area contributed by atoms with Crippen LogP contribution < -0.4 is 5.73 Å². The molecule has 0 saturated heterocycles. The maximum absolute atomic E-state index is 5.74. The Morgan fingerprint density at radius 2 is 1.68 bits per heavy atom. The van der Waals surface area contributed by atoms with Crippen molar-refractivity contribution in [2.75, 3.05) is 0 Å². The van der Waals surface area contributed by atoms with Gasteiger partial charge in [0, 0.05) is 19.2 Å². The van der Waals surface area contributed by atoms with Crippen LogP contribution >= 0.6 is 15.9 Å². The molecule has 0 saturated carbocycles. The lowest BCUT2D eigenvalue weighted by atomic mass is 9.92. The first kappa shape index (κ1) is 14.3.